The van der Waals surface area contributed by atoms with Gasteiger partial charge in [-0.05, 0) is 38.5 Å². The van der Waals surface area contributed by atoms with E-state index in [1.54, 1.807) is 0 Å². The second-order valence-corrected chi connectivity index (χ2v) is 17.0. The predicted octanol–water partition coefficient (Wildman–Crippen LogP) is 14.4. The first-order chi connectivity index (χ1) is 26.6. The topological polar surface area (TPSA) is 89.8 Å². The summed E-state index contributed by atoms with van der Waals surface area (Å²) in [4.78, 5) is 12.4. The third-order valence-electron chi connectivity index (χ3n) is 11.6. The molecule has 5 nitrogen and oxygen atoms in total. The van der Waals surface area contributed by atoms with Crippen LogP contribution in [0.15, 0.2) is 12.2 Å². The van der Waals surface area contributed by atoms with Crippen LogP contribution in [0.4, 0.5) is 0 Å². The summed E-state index contributed by atoms with van der Waals surface area (Å²) in [7, 11) is 0. The van der Waals surface area contributed by atoms with Crippen molar-refractivity contribution in [1.82, 2.24) is 5.32 Å². The summed E-state index contributed by atoms with van der Waals surface area (Å²) in [5.41, 5.74) is 0. The van der Waals surface area contributed by atoms with Gasteiger partial charge < -0.3 is 20.6 Å². The van der Waals surface area contributed by atoms with Gasteiger partial charge >= 0.3 is 0 Å². The monoisotopic (exact) mass is 764 g/mol. The van der Waals surface area contributed by atoms with E-state index in [-0.39, 0.29) is 12.5 Å². The summed E-state index contributed by atoms with van der Waals surface area (Å²) < 4.78 is 0. The number of nitrogens with one attached hydrogen (secondary N) is 1. The van der Waals surface area contributed by atoms with E-state index in [1.807, 2.05) is 0 Å². The number of rotatable bonds is 45. The zero-order chi connectivity index (χ0) is 39.4. The van der Waals surface area contributed by atoms with Crippen molar-refractivity contribution in [2.75, 3.05) is 6.61 Å². The molecule has 0 aromatic rings. The predicted molar refractivity (Wildman–Crippen MR) is 236 cm³/mol. The fraction of sp³-hybridized carbons (Fsp3) is 0.939. The Labute approximate surface area is 338 Å². The largest absolute Gasteiger partial charge is 0.394 e. The number of hydrogen-bond acceptors (Lipinski definition) is 4. The van der Waals surface area contributed by atoms with Crippen LogP contribution in [0.2, 0.25) is 0 Å². The number of aliphatic hydroxyl groups excluding tert-OH is 3. The van der Waals surface area contributed by atoms with Gasteiger partial charge in [0.1, 0.15) is 6.10 Å². The molecule has 0 bridgehead atoms. The number of amides is 1. The van der Waals surface area contributed by atoms with Gasteiger partial charge in [-0.15, -0.1) is 0 Å². The van der Waals surface area contributed by atoms with E-state index in [0.717, 1.165) is 38.5 Å². The minimum absolute atomic E-state index is 0.142. The van der Waals surface area contributed by atoms with Gasteiger partial charge in [0.05, 0.1) is 18.8 Å². The molecule has 3 atom stereocenters. The van der Waals surface area contributed by atoms with Gasteiger partial charge in [-0.1, -0.05) is 238 Å². The lowest BCUT2D eigenvalue weighted by Crippen LogP contribution is -2.50. The van der Waals surface area contributed by atoms with E-state index in [2.05, 4.69) is 31.3 Å². The first kappa shape index (κ1) is 53.1. The van der Waals surface area contributed by atoms with E-state index in [1.165, 1.54) is 205 Å². The van der Waals surface area contributed by atoms with Gasteiger partial charge in [-0.3, -0.25) is 4.79 Å². The minimum atomic E-state index is -1.13. The van der Waals surface area contributed by atoms with E-state index in [4.69, 9.17) is 0 Å². The molecule has 0 radical (unpaired) electrons. The fourth-order valence-corrected chi connectivity index (χ4v) is 7.81. The molecule has 0 fully saturated rings. The standard InChI is InChI=1S/C49H97NO4/c1-3-5-7-9-11-13-15-16-17-18-19-20-21-22-23-24-25-26-27-28-29-30-31-32-34-36-38-40-42-44-48(53)50-46(45-51)49(54)47(52)43-41-39-37-35-33-14-12-10-8-6-4-2/h22-23,46-47,49,51-52,54H,3-21,24-45H2,1-2H3,(H,50,53)/b23-22-. The highest BCUT2D eigenvalue weighted by Crippen LogP contribution is 2.17. The van der Waals surface area contributed by atoms with Crippen molar-refractivity contribution in [3.63, 3.8) is 0 Å². The molecule has 4 N–H and O–H groups in total. The van der Waals surface area contributed by atoms with Crippen molar-refractivity contribution in [2.45, 2.75) is 289 Å². The van der Waals surface area contributed by atoms with Crippen LogP contribution in [0.5, 0.6) is 0 Å². The van der Waals surface area contributed by atoms with Crippen LogP contribution in [0.1, 0.15) is 271 Å². The zero-order valence-electron chi connectivity index (χ0n) is 36.6. The highest BCUT2D eigenvalue weighted by Gasteiger charge is 2.26. The molecule has 0 aromatic heterocycles. The molecule has 0 aromatic carbocycles. The average molecular weight is 764 g/mol. The lowest BCUT2D eigenvalue weighted by atomic mass is 9.99. The molecule has 322 valence electrons. The maximum Gasteiger partial charge on any atom is 0.220 e. The Hall–Kier alpha value is -0.910. The molecule has 5 heteroatoms. The van der Waals surface area contributed by atoms with Gasteiger partial charge in [0, 0.05) is 6.42 Å². The lowest BCUT2D eigenvalue weighted by Gasteiger charge is -2.26. The van der Waals surface area contributed by atoms with Crippen LogP contribution in [-0.2, 0) is 4.79 Å². The summed E-state index contributed by atoms with van der Waals surface area (Å²) in [6.07, 6.45) is 53.5. The molecule has 3 unspecified atom stereocenters. The van der Waals surface area contributed by atoms with Gasteiger partial charge in [-0.25, -0.2) is 0 Å². The second kappa shape index (κ2) is 44.8. The van der Waals surface area contributed by atoms with Crippen molar-refractivity contribution in [2.24, 2.45) is 0 Å². The molecule has 54 heavy (non-hydrogen) atoms. The molecule has 1 amide bonds. The van der Waals surface area contributed by atoms with Crippen LogP contribution in [-0.4, -0.2) is 46.1 Å². The highest BCUT2D eigenvalue weighted by atomic mass is 16.3. The van der Waals surface area contributed by atoms with Crippen LogP contribution >= 0.6 is 0 Å². The maximum atomic E-state index is 12.4. The Kier molecular flexibility index (Phi) is 44.0. The number of carbonyl (C=O) groups is 1. The first-order valence-corrected chi connectivity index (χ1v) is 24.5. The SMILES string of the molecule is CCCCCCCCCCCCCC/C=C\CCCCCCCCCCCCCCCC(=O)NC(CO)C(O)C(O)CCCCCCCCCCCCC. The van der Waals surface area contributed by atoms with Crippen LogP contribution in [0.3, 0.4) is 0 Å². The summed E-state index contributed by atoms with van der Waals surface area (Å²) in [5, 5.41) is 33.5. The molecule has 0 saturated carbocycles. The summed E-state index contributed by atoms with van der Waals surface area (Å²) >= 11 is 0. The quantitative estimate of drug-likeness (QED) is 0.0367. The molecular weight excluding hydrogens is 667 g/mol. The van der Waals surface area contributed by atoms with Crippen molar-refractivity contribution in [3.05, 3.63) is 12.2 Å². The molecule has 0 saturated heterocycles. The van der Waals surface area contributed by atoms with E-state index >= 15 is 0 Å². The van der Waals surface area contributed by atoms with Gasteiger partial charge in [-0.2, -0.15) is 0 Å². The minimum Gasteiger partial charge on any atom is -0.394 e. The summed E-state index contributed by atoms with van der Waals surface area (Å²) in [5.74, 6) is -0.142. The number of carbonyl (C=O) groups excluding carboxylic acids is 1. The van der Waals surface area contributed by atoms with Crippen molar-refractivity contribution in [3.8, 4) is 0 Å². The molecule has 0 heterocycles. The van der Waals surface area contributed by atoms with Crippen molar-refractivity contribution < 1.29 is 20.1 Å². The average Bonchev–Trinajstić information content (AvgIpc) is 3.18. The van der Waals surface area contributed by atoms with Gasteiger partial charge in [0.25, 0.3) is 0 Å². The maximum absolute atomic E-state index is 12.4. The van der Waals surface area contributed by atoms with Gasteiger partial charge in [0.15, 0.2) is 0 Å². The Morgan fingerprint density at radius 2 is 0.741 bits per heavy atom. The van der Waals surface area contributed by atoms with E-state index in [0.29, 0.717) is 12.8 Å². The fourth-order valence-electron chi connectivity index (χ4n) is 7.81. The molecule has 0 aliphatic rings. The third kappa shape index (κ3) is 39.3. The molecule has 0 rings (SSSR count). The molecule has 0 aliphatic heterocycles. The van der Waals surface area contributed by atoms with Crippen molar-refractivity contribution in [1.29, 1.82) is 0 Å². The molecule has 0 spiro atoms. The normalized spacial score (nSPS) is 13.5. The molecular formula is C49H97NO4. The molecule has 0 aliphatic carbocycles. The Balaban J connectivity index is 3.49. The summed E-state index contributed by atoms with van der Waals surface area (Å²) in [6, 6.07) is -0.805. The first-order valence-electron chi connectivity index (χ1n) is 24.5. The third-order valence-corrected chi connectivity index (χ3v) is 11.6. The van der Waals surface area contributed by atoms with E-state index < -0.39 is 18.2 Å². The summed E-state index contributed by atoms with van der Waals surface area (Å²) in [6.45, 7) is 4.18. The number of aliphatic hydroxyl groups is 3. The lowest BCUT2D eigenvalue weighted by molar-refractivity contribution is -0.124. The van der Waals surface area contributed by atoms with Crippen LogP contribution < -0.4 is 5.32 Å². The second-order valence-electron chi connectivity index (χ2n) is 17.0. The number of allylic oxidation sites excluding steroid dienone is 2. The van der Waals surface area contributed by atoms with E-state index in [9.17, 15) is 20.1 Å². The number of unbranched alkanes of at least 4 members (excludes halogenated alkanes) is 35. The number of hydrogen-bond donors (Lipinski definition) is 4. The Morgan fingerprint density at radius 3 is 1.07 bits per heavy atom. The highest BCUT2D eigenvalue weighted by molar-refractivity contribution is 5.76. The zero-order valence-corrected chi connectivity index (χ0v) is 36.6. The smallest absolute Gasteiger partial charge is 0.220 e. The van der Waals surface area contributed by atoms with Crippen LogP contribution in [0, 0.1) is 0 Å². The van der Waals surface area contributed by atoms with Crippen LogP contribution in [0.25, 0.3) is 0 Å². The Bertz CT molecular complexity index is 758. The van der Waals surface area contributed by atoms with Crippen molar-refractivity contribution >= 4 is 5.91 Å². The Morgan fingerprint density at radius 1 is 0.444 bits per heavy atom. The van der Waals surface area contributed by atoms with Gasteiger partial charge in [0.2, 0.25) is 5.91 Å².